The van der Waals surface area contributed by atoms with Crippen molar-refractivity contribution in [2.75, 3.05) is 20.2 Å². The Labute approximate surface area is 114 Å². The normalized spacial score (nSPS) is 19.4. The Bertz CT molecular complexity index is 433. The van der Waals surface area contributed by atoms with Crippen molar-refractivity contribution in [1.29, 1.82) is 0 Å². The largest absolute Gasteiger partial charge is 0.493 e. The van der Waals surface area contributed by atoms with Gasteiger partial charge < -0.3 is 14.4 Å². The van der Waals surface area contributed by atoms with Gasteiger partial charge in [0.15, 0.2) is 0 Å². The molecule has 19 heavy (non-hydrogen) atoms. The molecular weight excluding hydrogens is 242 g/mol. The Hall–Kier alpha value is -1.55. The quantitative estimate of drug-likeness (QED) is 0.604. The van der Waals surface area contributed by atoms with Crippen LogP contribution in [-0.2, 0) is 4.79 Å². The van der Waals surface area contributed by atoms with Gasteiger partial charge in [-0.1, -0.05) is 6.07 Å². The van der Waals surface area contributed by atoms with Crippen molar-refractivity contribution < 1.29 is 14.3 Å². The number of benzene rings is 1. The Morgan fingerprint density at radius 2 is 2.21 bits per heavy atom. The molecule has 0 saturated carbocycles. The molecule has 0 amide bonds. The van der Waals surface area contributed by atoms with E-state index >= 15 is 0 Å². The first-order valence-corrected chi connectivity index (χ1v) is 6.76. The van der Waals surface area contributed by atoms with Gasteiger partial charge in [0.1, 0.15) is 11.5 Å². The third kappa shape index (κ3) is 4.24. The highest BCUT2D eigenvalue weighted by molar-refractivity contribution is 5.69. The van der Waals surface area contributed by atoms with E-state index < -0.39 is 0 Å². The molecular formula is C15H21NO3. The van der Waals surface area contributed by atoms with Gasteiger partial charge in [-0.2, -0.15) is 0 Å². The fourth-order valence-electron chi connectivity index (χ4n) is 2.45. The summed E-state index contributed by atoms with van der Waals surface area (Å²) in [6.07, 6.45) is 3.57. The van der Waals surface area contributed by atoms with Gasteiger partial charge in [-0.25, -0.2) is 0 Å². The van der Waals surface area contributed by atoms with Crippen LogP contribution in [0.2, 0.25) is 0 Å². The average Bonchev–Trinajstić information content (AvgIpc) is 2.75. The number of carbonyl (C=O) groups excluding carboxylic acids is 1. The molecule has 0 aromatic heterocycles. The zero-order valence-electron chi connectivity index (χ0n) is 11.6. The molecule has 2 rings (SSSR count). The SMILES string of the molecule is CC(=O)Oc1cccc(OCCC2CCCN2C)c1. The number of carbonyl (C=O) groups is 1. The molecule has 0 spiro atoms. The lowest BCUT2D eigenvalue weighted by atomic mass is 10.1. The number of esters is 1. The van der Waals surface area contributed by atoms with Gasteiger partial charge in [0, 0.05) is 19.0 Å². The third-order valence-corrected chi connectivity index (χ3v) is 3.46. The van der Waals surface area contributed by atoms with Crippen molar-refractivity contribution in [3.8, 4) is 11.5 Å². The minimum atomic E-state index is -0.315. The number of rotatable bonds is 5. The molecule has 1 atom stereocenters. The van der Waals surface area contributed by atoms with Gasteiger partial charge in [0.2, 0.25) is 0 Å². The van der Waals surface area contributed by atoms with Gasteiger partial charge in [-0.3, -0.25) is 4.79 Å². The first-order valence-electron chi connectivity index (χ1n) is 6.76. The molecule has 1 heterocycles. The smallest absolute Gasteiger partial charge is 0.308 e. The minimum Gasteiger partial charge on any atom is -0.493 e. The summed E-state index contributed by atoms with van der Waals surface area (Å²) < 4.78 is 10.7. The fraction of sp³-hybridized carbons (Fsp3) is 0.533. The molecule has 1 aliphatic heterocycles. The van der Waals surface area contributed by atoms with Gasteiger partial charge >= 0.3 is 5.97 Å². The first-order chi connectivity index (χ1) is 9.15. The Morgan fingerprint density at radius 3 is 2.89 bits per heavy atom. The van der Waals surface area contributed by atoms with E-state index in [1.54, 1.807) is 12.1 Å². The molecule has 1 saturated heterocycles. The molecule has 1 unspecified atom stereocenters. The standard InChI is InChI=1S/C15H21NO3/c1-12(17)19-15-7-3-6-14(11-15)18-10-8-13-5-4-9-16(13)2/h3,6-7,11,13H,4-5,8-10H2,1-2H3. The van der Waals surface area contributed by atoms with Crippen LogP contribution < -0.4 is 9.47 Å². The van der Waals surface area contributed by atoms with Crippen molar-refractivity contribution in [3.05, 3.63) is 24.3 Å². The van der Waals surface area contributed by atoms with Crippen molar-refractivity contribution in [2.24, 2.45) is 0 Å². The summed E-state index contributed by atoms with van der Waals surface area (Å²) in [5, 5.41) is 0. The summed E-state index contributed by atoms with van der Waals surface area (Å²) in [7, 11) is 2.17. The van der Waals surface area contributed by atoms with E-state index in [9.17, 15) is 4.79 Å². The molecule has 0 N–H and O–H groups in total. The van der Waals surface area contributed by atoms with E-state index in [4.69, 9.17) is 9.47 Å². The summed E-state index contributed by atoms with van der Waals surface area (Å²) in [6, 6.07) is 7.84. The van der Waals surface area contributed by atoms with Crippen LogP contribution in [-0.4, -0.2) is 37.1 Å². The van der Waals surface area contributed by atoms with E-state index in [1.807, 2.05) is 12.1 Å². The second-order valence-electron chi connectivity index (χ2n) is 4.98. The van der Waals surface area contributed by atoms with Gasteiger partial charge in [0.05, 0.1) is 6.61 Å². The van der Waals surface area contributed by atoms with Crippen molar-refractivity contribution >= 4 is 5.97 Å². The molecule has 0 radical (unpaired) electrons. The predicted octanol–water partition coefficient (Wildman–Crippen LogP) is 2.48. The summed E-state index contributed by atoms with van der Waals surface area (Å²) in [5.41, 5.74) is 0. The number of nitrogens with zero attached hydrogens (tertiary/aromatic N) is 1. The van der Waals surface area contributed by atoms with Crippen LogP contribution >= 0.6 is 0 Å². The lowest BCUT2D eigenvalue weighted by molar-refractivity contribution is -0.131. The average molecular weight is 263 g/mol. The van der Waals surface area contributed by atoms with E-state index in [0.717, 1.165) is 12.2 Å². The maximum absolute atomic E-state index is 10.9. The second-order valence-corrected chi connectivity index (χ2v) is 4.98. The fourth-order valence-corrected chi connectivity index (χ4v) is 2.45. The number of hydrogen-bond donors (Lipinski definition) is 0. The third-order valence-electron chi connectivity index (χ3n) is 3.46. The maximum atomic E-state index is 10.9. The van der Waals surface area contributed by atoms with Crippen molar-refractivity contribution in [3.63, 3.8) is 0 Å². The number of hydrogen-bond acceptors (Lipinski definition) is 4. The number of likely N-dealkylation sites (tertiary alicyclic amines) is 1. The van der Waals surface area contributed by atoms with Crippen LogP contribution in [0.4, 0.5) is 0 Å². The Morgan fingerprint density at radius 1 is 1.42 bits per heavy atom. The van der Waals surface area contributed by atoms with Crippen LogP contribution in [0.15, 0.2) is 24.3 Å². The maximum Gasteiger partial charge on any atom is 0.308 e. The zero-order valence-corrected chi connectivity index (χ0v) is 11.6. The summed E-state index contributed by atoms with van der Waals surface area (Å²) in [5.74, 6) is 0.965. The molecule has 1 fully saturated rings. The molecule has 4 heteroatoms. The van der Waals surface area contributed by atoms with Crippen molar-refractivity contribution in [2.45, 2.75) is 32.2 Å². The van der Waals surface area contributed by atoms with Crippen LogP contribution in [0.5, 0.6) is 11.5 Å². The lowest BCUT2D eigenvalue weighted by Crippen LogP contribution is -2.26. The molecule has 0 bridgehead atoms. The molecule has 4 nitrogen and oxygen atoms in total. The van der Waals surface area contributed by atoms with Gasteiger partial charge in [-0.05, 0) is 45.0 Å². The monoisotopic (exact) mass is 263 g/mol. The highest BCUT2D eigenvalue weighted by Crippen LogP contribution is 2.21. The van der Waals surface area contributed by atoms with E-state index in [0.29, 0.717) is 18.4 Å². The zero-order chi connectivity index (χ0) is 13.7. The summed E-state index contributed by atoms with van der Waals surface area (Å²) in [6.45, 7) is 3.27. The predicted molar refractivity (Wildman–Crippen MR) is 73.5 cm³/mol. The van der Waals surface area contributed by atoms with Crippen LogP contribution in [0.1, 0.15) is 26.2 Å². The van der Waals surface area contributed by atoms with Gasteiger partial charge in [0.25, 0.3) is 0 Å². The minimum absolute atomic E-state index is 0.315. The topological polar surface area (TPSA) is 38.8 Å². The van der Waals surface area contributed by atoms with Crippen LogP contribution in [0.25, 0.3) is 0 Å². The molecule has 0 aliphatic carbocycles. The highest BCUT2D eigenvalue weighted by Gasteiger charge is 2.20. The lowest BCUT2D eigenvalue weighted by Gasteiger charge is -2.19. The molecule has 1 aromatic carbocycles. The molecule has 104 valence electrons. The molecule has 1 aromatic rings. The van der Waals surface area contributed by atoms with Crippen molar-refractivity contribution in [1.82, 2.24) is 4.90 Å². The van der Waals surface area contributed by atoms with E-state index in [2.05, 4.69) is 11.9 Å². The van der Waals surface area contributed by atoms with Crippen LogP contribution in [0.3, 0.4) is 0 Å². The van der Waals surface area contributed by atoms with Gasteiger partial charge in [-0.15, -0.1) is 0 Å². The van der Waals surface area contributed by atoms with E-state index in [-0.39, 0.29) is 5.97 Å². The second kappa shape index (κ2) is 6.57. The Kier molecular flexibility index (Phi) is 4.80. The van der Waals surface area contributed by atoms with Crippen LogP contribution in [0, 0.1) is 0 Å². The first kappa shape index (κ1) is 13.9. The highest BCUT2D eigenvalue weighted by atomic mass is 16.5. The summed E-state index contributed by atoms with van der Waals surface area (Å²) >= 11 is 0. The Balaban J connectivity index is 1.80. The molecule has 1 aliphatic rings. The number of ether oxygens (including phenoxy) is 2. The summed E-state index contributed by atoms with van der Waals surface area (Å²) in [4.78, 5) is 13.3. The van der Waals surface area contributed by atoms with E-state index in [1.165, 1.54) is 26.3 Å².